The maximum atomic E-state index is 12.4. The van der Waals surface area contributed by atoms with Crippen molar-refractivity contribution in [3.8, 4) is 0 Å². The number of hydrogen-bond acceptors (Lipinski definition) is 4. The van der Waals surface area contributed by atoms with Gasteiger partial charge < -0.3 is 10.2 Å². The number of amides is 1. The highest BCUT2D eigenvalue weighted by molar-refractivity contribution is 6.00. The van der Waals surface area contributed by atoms with Crippen molar-refractivity contribution in [2.45, 2.75) is 13.1 Å². The molecule has 0 aliphatic rings. The van der Waals surface area contributed by atoms with Crippen LogP contribution in [0.5, 0.6) is 0 Å². The number of nitro benzene ring substituents is 1. The van der Waals surface area contributed by atoms with Gasteiger partial charge in [-0.15, -0.1) is 0 Å². The van der Waals surface area contributed by atoms with Crippen LogP contribution in [0.1, 0.15) is 17.3 Å². The molecule has 1 N–H and O–H groups in total. The fourth-order valence-electron chi connectivity index (χ4n) is 1.83. The Bertz CT molecular complexity index is 546. The van der Waals surface area contributed by atoms with Gasteiger partial charge in [-0.2, -0.15) is 13.2 Å². The normalized spacial score (nSPS) is 11.1. The minimum atomic E-state index is -4.57. The average Bonchev–Trinajstić information content (AvgIpc) is 2.41. The molecule has 0 aliphatic heterocycles. The fourth-order valence-corrected chi connectivity index (χ4v) is 1.83. The van der Waals surface area contributed by atoms with Crippen LogP contribution in [0, 0.1) is 10.1 Å². The van der Waals surface area contributed by atoms with Gasteiger partial charge in [0.2, 0.25) is 0 Å². The van der Waals surface area contributed by atoms with Gasteiger partial charge in [-0.25, -0.2) is 0 Å². The number of carbonyl (C=O) groups excluding carboxylic acids is 1. The lowest BCUT2D eigenvalue weighted by atomic mass is 10.1. The molecule has 0 heterocycles. The Morgan fingerprint density at radius 3 is 2.48 bits per heavy atom. The predicted molar refractivity (Wildman–Crippen MR) is 70.3 cm³/mol. The average molecular weight is 305 g/mol. The topological polar surface area (TPSA) is 75.5 Å². The van der Waals surface area contributed by atoms with Crippen molar-refractivity contribution < 1.29 is 22.9 Å². The minimum absolute atomic E-state index is 0.0638. The summed E-state index contributed by atoms with van der Waals surface area (Å²) in [5.41, 5.74) is -0.850. The summed E-state index contributed by atoms with van der Waals surface area (Å²) in [5, 5.41) is 13.6. The van der Waals surface area contributed by atoms with Crippen LogP contribution in [-0.2, 0) is 0 Å². The van der Waals surface area contributed by atoms with Gasteiger partial charge in [0.05, 0.1) is 4.92 Å². The molecule has 0 saturated heterocycles. The number of anilines is 1. The summed E-state index contributed by atoms with van der Waals surface area (Å²) >= 11 is 0. The Morgan fingerprint density at radius 2 is 2.05 bits per heavy atom. The second kappa shape index (κ2) is 6.42. The van der Waals surface area contributed by atoms with Crippen molar-refractivity contribution in [3.63, 3.8) is 0 Å². The van der Waals surface area contributed by atoms with E-state index >= 15 is 0 Å². The first-order chi connectivity index (χ1) is 9.71. The largest absolute Gasteiger partial charge is 0.406 e. The highest BCUT2D eigenvalue weighted by Crippen LogP contribution is 2.30. The molecule has 0 unspecified atom stereocenters. The van der Waals surface area contributed by atoms with Crippen LogP contribution in [0.25, 0.3) is 0 Å². The second-order valence-corrected chi connectivity index (χ2v) is 4.14. The van der Waals surface area contributed by atoms with Crippen molar-refractivity contribution in [1.82, 2.24) is 4.90 Å². The summed E-state index contributed by atoms with van der Waals surface area (Å²) in [4.78, 5) is 22.9. The molecule has 0 fully saturated rings. The second-order valence-electron chi connectivity index (χ2n) is 4.14. The van der Waals surface area contributed by atoms with Crippen molar-refractivity contribution >= 4 is 17.3 Å². The van der Waals surface area contributed by atoms with Crippen molar-refractivity contribution in [2.75, 3.05) is 25.5 Å². The van der Waals surface area contributed by atoms with Crippen LogP contribution < -0.4 is 5.32 Å². The van der Waals surface area contributed by atoms with E-state index in [4.69, 9.17) is 0 Å². The van der Waals surface area contributed by atoms with Gasteiger partial charge in [0.15, 0.2) is 0 Å². The monoisotopic (exact) mass is 305 g/mol. The number of benzene rings is 1. The Balaban J connectivity index is 3.25. The van der Waals surface area contributed by atoms with Crippen molar-refractivity contribution in [1.29, 1.82) is 0 Å². The number of para-hydroxylation sites is 1. The summed E-state index contributed by atoms with van der Waals surface area (Å²) in [6.45, 7) is -0.292. The van der Waals surface area contributed by atoms with Crippen LogP contribution in [0.2, 0.25) is 0 Å². The SMILES string of the molecule is CCN(CC(F)(F)F)C(=O)c1cccc(NC)c1[N+](=O)[O-]. The van der Waals surface area contributed by atoms with Crippen molar-refractivity contribution in [2.24, 2.45) is 0 Å². The van der Waals surface area contributed by atoms with E-state index in [1.165, 1.54) is 26.1 Å². The molecule has 0 aliphatic carbocycles. The molecule has 21 heavy (non-hydrogen) atoms. The summed E-state index contributed by atoms with van der Waals surface area (Å²) in [6, 6.07) is 3.88. The standard InChI is InChI=1S/C12H14F3N3O3/c1-3-17(7-12(13,14)15)11(19)8-5-4-6-9(16-2)10(8)18(20)21/h4-6,16H,3,7H2,1-2H3. The van der Waals surface area contributed by atoms with Gasteiger partial charge in [-0.3, -0.25) is 14.9 Å². The van der Waals surface area contributed by atoms with Gasteiger partial charge >= 0.3 is 11.9 Å². The highest BCUT2D eigenvalue weighted by atomic mass is 19.4. The smallest absolute Gasteiger partial charge is 0.383 e. The van der Waals surface area contributed by atoms with Gasteiger partial charge in [-0.1, -0.05) is 6.07 Å². The first-order valence-electron chi connectivity index (χ1n) is 6.02. The maximum absolute atomic E-state index is 12.4. The third kappa shape index (κ3) is 4.07. The number of halogens is 3. The van der Waals surface area contributed by atoms with E-state index in [0.717, 1.165) is 6.07 Å². The molecule has 0 bridgehead atoms. The molecule has 1 rings (SSSR count). The number of alkyl halides is 3. The Kier molecular flexibility index (Phi) is 5.12. The molecule has 116 valence electrons. The molecular weight excluding hydrogens is 291 g/mol. The maximum Gasteiger partial charge on any atom is 0.406 e. The molecule has 0 atom stereocenters. The molecule has 1 aromatic rings. The third-order valence-corrected chi connectivity index (χ3v) is 2.76. The first kappa shape index (κ1) is 16.7. The fraction of sp³-hybridized carbons (Fsp3) is 0.417. The van der Waals surface area contributed by atoms with Gasteiger partial charge in [0.25, 0.3) is 5.91 Å². The zero-order valence-electron chi connectivity index (χ0n) is 11.4. The Morgan fingerprint density at radius 1 is 1.43 bits per heavy atom. The van der Waals surface area contributed by atoms with Crippen LogP contribution in [0.4, 0.5) is 24.5 Å². The minimum Gasteiger partial charge on any atom is -0.383 e. The lowest BCUT2D eigenvalue weighted by Gasteiger charge is -2.22. The zero-order chi connectivity index (χ0) is 16.2. The number of rotatable bonds is 5. The number of nitrogens with zero attached hydrogens (tertiary/aromatic N) is 2. The van der Waals surface area contributed by atoms with Crippen LogP contribution in [0.3, 0.4) is 0 Å². The van der Waals surface area contributed by atoms with E-state index in [2.05, 4.69) is 5.32 Å². The number of nitro groups is 1. The van der Waals surface area contributed by atoms with Crippen LogP contribution >= 0.6 is 0 Å². The molecule has 1 amide bonds. The summed E-state index contributed by atoms with van der Waals surface area (Å²) in [7, 11) is 1.42. The predicted octanol–water partition coefficient (Wildman–Crippen LogP) is 2.66. The van der Waals surface area contributed by atoms with E-state index in [9.17, 15) is 28.1 Å². The molecule has 0 radical (unpaired) electrons. The quantitative estimate of drug-likeness (QED) is 0.670. The summed E-state index contributed by atoms with van der Waals surface area (Å²) < 4.78 is 37.3. The van der Waals surface area contributed by atoms with Gasteiger partial charge in [0.1, 0.15) is 17.8 Å². The molecule has 0 spiro atoms. The number of carbonyl (C=O) groups is 1. The molecule has 0 aromatic heterocycles. The molecule has 0 saturated carbocycles. The third-order valence-electron chi connectivity index (χ3n) is 2.76. The molecule has 6 nitrogen and oxygen atoms in total. The Labute approximate surface area is 118 Å². The van der Waals surface area contributed by atoms with Gasteiger partial charge in [-0.05, 0) is 19.1 Å². The molecule has 9 heteroatoms. The molecular formula is C12H14F3N3O3. The number of nitrogens with one attached hydrogen (secondary N) is 1. The summed E-state index contributed by atoms with van der Waals surface area (Å²) in [5.74, 6) is -1.03. The van der Waals surface area contributed by atoms with Crippen molar-refractivity contribution in [3.05, 3.63) is 33.9 Å². The zero-order valence-corrected chi connectivity index (χ0v) is 11.4. The number of hydrogen-bond donors (Lipinski definition) is 1. The van der Waals surface area contributed by atoms with Gasteiger partial charge in [0, 0.05) is 13.6 Å². The molecule has 1 aromatic carbocycles. The van der Waals surface area contributed by atoms with E-state index in [1.54, 1.807) is 0 Å². The summed E-state index contributed by atoms with van der Waals surface area (Å²) in [6.07, 6.45) is -4.57. The van der Waals surface area contributed by atoms with Crippen LogP contribution in [-0.4, -0.2) is 42.0 Å². The van der Waals surface area contributed by atoms with E-state index in [0.29, 0.717) is 4.90 Å². The first-order valence-corrected chi connectivity index (χ1v) is 6.02. The Hall–Kier alpha value is -2.32. The van der Waals surface area contributed by atoms with E-state index in [-0.39, 0.29) is 17.8 Å². The van der Waals surface area contributed by atoms with Crippen LogP contribution in [0.15, 0.2) is 18.2 Å². The lowest BCUT2D eigenvalue weighted by Crippen LogP contribution is -2.39. The van der Waals surface area contributed by atoms with E-state index < -0.39 is 29.2 Å². The lowest BCUT2D eigenvalue weighted by molar-refractivity contribution is -0.384. The van der Waals surface area contributed by atoms with E-state index in [1.807, 2.05) is 0 Å². The highest BCUT2D eigenvalue weighted by Gasteiger charge is 2.35.